The fourth-order valence-corrected chi connectivity index (χ4v) is 1.99. The molecule has 2 rings (SSSR count). The lowest BCUT2D eigenvalue weighted by Gasteiger charge is -2.23. The average Bonchev–Trinajstić information content (AvgIpc) is 2.94. The van der Waals surface area contributed by atoms with Crippen molar-refractivity contribution in [1.29, 1.82) is 0 Å². The monoisotopic (exact) mass is 274 g/mol. The molecule has 0 aromatic heterocycles. The van der Waals surface area contributed by atoms with Gasteiger partial charge in [-0.3, -0.25) is 9.59 Å². The lowest BCUT2D eigenvalue weighted by atomic mass is 10.1. The van der Waals surface area contributed by atoms with E-state index >= 15 is 0 Å². The van der Waals surface area contributed by atoms with Crippen LogP contribution in [0.25, 0.3) is 0 Å². The van der Waals surface area contributed by atoms with Crippen LogP contribution in [0.1, 0.15) is 10.4 Å². The molecule has 5 heteroatoms. The summed E-state index contributed by atoms with van der Waals surface area (Å²) in [5.41, 5.74) is 0.358. The Hall–Kier alpha value is -2.43. The molecule has 1 aromatic carbocycles. The fourth-order valence-electron chi connectivity index (χ4n) is 1.99. The Bertz CT molecular complexity index is 551. The van der Waals surface area contributed by atoms with Crippen LogP contribution in [0, 0.1) is 5.82 Å². The third kappa shape index (κ3) is 2.93. The van der Waals surface area contributed by atoms with E-state index in [0.717, 1.165) is 0 Å². The molecule has 0 bridgehead atoms. The van der Waals surface area contributed by atoms with E-state index in [1.165, 1.54) is 29.2 Å². The highest BCUT2D eigenvalue weighted by atomic mass is 19.1. The minimum absolute atomic E-state index is 0.255. The van der Waals surface area contributed by atoms with Crippen molar-refractivity contribution in [2.75, 3.05) is 13.1 Å². The molecule has 104 valence electrons. The van der Waals surface area contributed by atoms with Crippen LogP contribution in [0.3, 0.4) is 0 Å². The molecule has 1 aliphatic heterocycles. The van der Waals surface area contributed by atoms with Gasteiger partial charge < -0.3 is 10.2 Å². The van der Waals surface area contributed by atoms with Crippen LogP contribution < -0.4 is 5.32 Å². The molecule has 0 aliphatic carbocycles. The van der Waals surface area contributed by atoms with Gasteiger partial charge in [0.1, 0.15) is 11.9 Å². The predicted octanol–water partition coefficient (Wildman–Crippen LogP) is 1.51. The molecule has 0 fully saturated rings. The predicted molar refractivity (Wildman–Crippen MR) is 73.6 cm³/mol. The summed E-state index contributed by atoms with van der Waals surface area (Å²) in [6.45, 7) is 4.23. The van der Waals surface area contributed by atoms with Crippen molar-refractivity contribution in [3.8, 4) is 0 Å². The Morgan fingerprint density at radius 3 is 2.75 bits per heavy atom. The number of hydrogen-bond donors (Lipinski definition) is 1. The maximum atomic E-state index is 12.9. The molecule has 1 aromatic rings. The maximum Gasteiger partial charge on any atom is 0.255 e. The van der Waals surface area contributed by atoms with E-state index < -0.39 is 11.9 Å². The van der Waals surface area contributed by atoms with Crippen molar-refractivity contribution in [1.82, 2.24) is 10.2 Å². The molecule has 1 atom stereocenters. The molecule has 0 unspecified atom stereocenters. The summed E-state index contributed by atoms with van der Waals surface area (Å²) in [5, 5.41) is 2.66. The zero-order chi connectivity index (χ0) is 14.5. The zero-order valence-corrected chi connectivity index (χ0v) is 10.9. The fraction of sp³-hybridized carbons (Fsp3) is 0.200. The van der Waals surface area contributed by atoms with Gasteiger partial charge in [0, 0.05) is 18.7 Å². The number of rotatable bonds is 4. The number of nitrogens with zero attached hydrogens (tertiary/aromatic N) is 1. The molecule has 0 radical (unpaired) electrons. The summed E-state index contributed by atoms with van der Waals surface area (Å²) < 4.78 is 12.9. The molecule has 20 heavy (non-hydrogen) atoms. The van der Waals surface area contributed by atoms with Gasteiger partial charge in [-0.25, -0.2) is 4.39 Å². The number of carbonyl (C=O) groups is 2. The SMILES string of the molecule is C=CCNC(=O)[C@H]1C=CCN1C(=O)c1ccc(F)cc1. The second kappa shape index (κ2) is 6.14. The lowest BCUT2D eigenvalue weighted by molar-refractivity contribution is -0.123. The van der Waals surface area contributed by atoms with Crippen LogP contribution in [-0.2, 0) is 4.79 Å². The minimum Gasteiger partial charge on any atom is -0.351 e. The first kappa shape index (κ1) is 14.0. The van der Waals surface area contributed by atoms with Gasteiger partial charge in [0.15, 0.2) is 0 Å². The highest BCUT2D eigenvalue weighted by molar-refractivity contribution is 5.98. The molecule has 1 heterocycles. The molecule has 4 nitrogen and oxygen atoms in total. The zero-order valence-electron chi connectivity index (χ0n) is 10.9. The van der Waals surface area contributed by atoms with Gasteiger partial charge in [0.2, 0.25) is 5.91 Å². The van der Waals surface area contributed by atoms with Crippen LogP contribution in [0.4, 0.5) is 4.39 Å². The van der Waals surface area contributed by atoms with E-state index in [-0.39, 0.29) is 11.8 Å². The van der Waals surface area contributed by atoms with Gasteiger partial charge in [-0.05, 0) is 24.3 Å². The summed E-state index contributed by atoms with van der Waals surface area (Å²) in [5.74, 6) is -0.954. The molecule has 0 saturated heterocycles. The standard InChI is InChI=1S/C15H15FN2O2/c1-2-9-17-14(19)13-4-3-10-18(13)15(20)11-5-7-12(16)8-6-11/h2-8,13H,1,9-10H2,(H,17,19)/t13-/m1/s1. The smallest absolute Gasteiger partial charge is 0.255 e. The Kier molecular flexibility index (Phi) is 4.30. The lowest BCUT2D eigenvalue weighted by Crippen LogP contribution is -2.46. The Morgan fingerprint density at radius 1 is 1.40 bits per heavy atom. The van der Waals surface area contributed by atoms with Crippen molar-refractivity contribution >= 4 is 11.8 Å². The van der Waals surface area contributed by atoms with E-state index in [1.807, 2.05) is 0 Å². The third-order valence-corrected chi connectivity index (χ3v) is 3.00. The largest absolute Gasteiger partial charge is 0.351 e. The second-order valence-electron chi connectivity index (χ2n) is 4.37. The van der Waals surface area contributed by atoms with Crippen LogP contribution >= 0.6 is 0 Å². The van der Waals surface area contributed by atoms with Crippen molar-refractivity contribution < 1.29 is 14.0 Å². The first-order valence-corrected chi connectivity index (χ1v) is 6.25. The summed E-state index contributed by atoms with van der Waals surface area (Å²) in [7, 11) is 0. The maximum absolute atomic E-state index is 12.9. The van der Waals surface area contributed by atoms with Gasteiger partial charge >= 0.3 is 0 Å². The first-order valence-electron chi connectivity index (χ1n) is 6.25. The van der Waals surface area contributed by atoms with E-state index in [4.69, 9.17) is 0 Å². The van der Waals surface area contributed by atoms with Crippen LogP contribution in [0.15, 0.2) is 49.1 Å². The van der Waals surface area contributed by atoms with Crippen molar-refractivity contribution in [2.45, 2.75) is 6.04 Å². The van der Waals surface area contributed by atoms with E-state index in [9.17, 15) is 14.0 Å². The number of halogens is 1. The highest BCUT2D eigenvalue weighted by Crippen LogP contribution is 2.15. The highest BCUT2D eigenvalue weighted by Gasteiger charge is 2.30. The number of carbonyl (C=O) groups excluding carboxylic acids is 2. The van der Waals surface area contributed by atoms with Gasteiger partial charge in [0.05, 0.1) is 0 Å². The Balaban J connectivity index is 2.11. The molecular formula is C15H15FN2O2. The van der Waals surface area contributed by atoms with Crippen molar-refractivity contribution in [3.63, 3.8) is 0 Å². The third-order valence-electron chi connectivity index (χ3n) is 3.00. The van der Waals surface area contributed by atoms with Crippen molar-refractivity contribution in [3.05, 3.63) is 60.5 Å². The van der Waals surface area contributed by atoms with Crippen molar-refractivity contribution in [2.24, 2.45) is 0 Å². The first-order chi connectivity index (χ1) is 9.63. The van der Waals surface area contributed by atoms with E-state index in [0.29, 0.717) is 18.7 Å². The summed E-state index contributed by atoms with van der Waals surface area (Å²) in [4.78, 5) is 25.7. The molecular weight excluding hydrogens is 259 g/mol. The number of amides is 2. The van der Waals surface area contributed by atoms with Crippen LogP contribution in [-0.4, -0.2) is 35.8 Å². The summed E-state index contributed by atoms with van der Waals surface area (Å²) >= 11 is 0. The topological polar surface area (TPSA) is 49.4 Å². The van der Waals surface area contributed by atoms with Gasteiger partial charge in [-0.2, -0.15) is 0 Å². The van der Waals surface area contributed by atoms with Gasteiger partial charge in [-0.1, -0.05) is 18.2 Å². The number of nitrogens with one attached hydrogen (secondary N) is 1. The van der Waals surface area contributed by atoms with Crippen LogP contribution in [0.2, 0.25) is 0 Å². The second-order valence-corrected chi connectivity index (χ2v) is 4.37. The molecule has 1 aliphatic rings. The molecule has 1 N–H and O–H groups in total. The minimum atomic E-state index is -0.632. The normalized spacial score (nSPS) is 17.1. The van der Waals surface area contributed by atoms with E-state index in [2.05, 4.69) is 11.9 Å². The van der Waals surface area contributed by atoms with Gasteiger partial charge in [-0.15, -0.1) is 6.58 Å². The Labute approximate surface area is 116 Å². The quantitative estimate of drug-likeness (QED) is 0.846. The summed E-state index contributed by atoms with van der Waals surface area (Å²) in [6, 6.07) is 4.64. The molecule has 0 spiro atoms. The average molecular weight is 274 g/mol. The Morgan fingerprint density at radius 2 is 2.10 bits per heavy atom. The molecule has 2 amide bonds. The summed E-state index contributed by atoms with van der Waals surface area (Å²) in [6.07, 6.45) is 5.02. The van der Waals surface area contributed by atoms with Crippen LogP contribution in [0.5, 0.6) is 0 Å². The number of benzene rings is 1. The molecule has 0 saturated carbocycles. The number of hydrogen-bond acceptors (Lipinski definition) is 2. The van der Waals surface area contributed by atoms with Gasteiger partial charge in [0.25, 0.3) is 5.91 Å². The van der Waals surface area contributed by atoms with E-state index in [1.54, 1.807) is 18.2 Å².